The van der Waals surface area contributed by atoms with E-state index in [1.807, 2.05) is 0 Å². The zero-order valence-corrected chi connectivity index (χ0v) is 18.9. The molecule has 0 atom stereocenters. The smallest absolute Gasteiger partial charge is 0.358 e. The summed E-state index contributed by atoms with van der Waals surface area (Å²) in [5.41, 5.74) is 2.31. The number of hydrogen-bond donors (Lipinski definition) is 1. The third-order valence-electron chi connectivity index (χ3n) is 5.10. The number of halogens is 2. The standard InChI is InChI=1S/C26H21F2N3O4/c1-3-35-26(33)22-15-23(31(30-22)20-10-8-18(27)9-11-20)16-5-4-6-19(13-16)29-25(32)17-7-12-24(34-2)21(28)14-17/h4-15H,3H2,1-2H3,(H,29,32). The fourth-order valence-electron chi connectivity index (χ4n) is 3.44. The Hall–Kier alpha value is -4.53. The molecular formula is C26H21F2N3O4. The normalized spacial score (nSPS) is 10.6. The Bertz CT molecular complexity index is 1380. The van der Waals surface area contributed by atoms with Gasteiger partial charge in [-0.25, -0.2) is 18.3 Å². The molecule has 1 heterocycles. The van der Waals surface area contributed by atoms with E-state index in [9.17, 15) is 18.4 Å². The minimum Gasteiger partial charge on any atom is -0.494 e. The van der Waals surface area contributed by atoms with Gasteiger partial charge in [-0.2, -0.15) is 5.10 Å². The van der Waals surface area contributed by atoms with Gasteiger partial charge in [-0.15, -0.1) is 0 Å². The van der Waals surface area contributed by atoms with Crippen LogP contribution in [-0.2, 0) is 4.74 Å². The van der Waals surface area contributed by atoms with Gasteiger partial charge in [-0.3, -0.25) is 4.79 Å². The number of methoxy groups -OCH3 is 1. The van der Waals surface area contributed by atoms with Crippen LogP contribution in [0.2, 0.25) is 0 Å². The summed E-state index contributed by atoms with van der Waals surface area (Å²) in [6.45, 7) is 1.88. The number of ether oxygens (including phenoxy) is 2. The highest BCUT2D eigenvalue weighted by atomic mass is 19.1. The topological polar surface area (TPSA) is 82.5 Å². The van der Waals surface area contributed by atoms with Crippen LogP contribution in [0.15, 0.2) is 72.8 Å². The van der Waals surface area contributed by atoms with Crippen LogP contribution >= 0.6 is 0 Å². The van der Waals surface area contributed by atoms with Crippen molar-refractivity contribution in [1.29, 1.82) is 0 Å². The lowest BCUT2D eigenvalue weighted by Gasteiger charge is -2.10. The van der Waals surface area contributed by atoms with Crippen molar-refractivity contribution in [2.24, 2.45) is 0 Å². The SMILES string of the molecule is CCOC(=O)c1cc(-c2cccc(NC(=O)c3ccc(OC)c(F)c3)c2)n(-c2ccc(F)cc2)n1. The molecule has 0 fully saturated rings. The summed E-state index contributed by atoms with van der Waals surface area (Å²) in [7, 11) is 1.34. The summed E-state index contributed by atoms with van der Waals surface area (Å²) >= 11 is 0. The van der Waals surface area contributed by atoms with E-state index in [4.69, 9.17) is 9.47 Å². The number of carbonyl (C=O) groups is 2. The molecule has 1 amide bonds. The minimum absolute atomic E-state index is 0.0370. The number of rotatable bonds is 7. The van der Waals surface area contributed by atoms with E-state index in [1.165, 1.54) is 48.2 Å². The fraction of sp³-hybridized carbons (Fsp3) is 0.115. The van der Waals surface area contributed by atoms with Gasteiger partial charge in [0.05, 0.1) is 25.1 Å². The van der Waals surface area contributed by atoms with Crippen molar-refractivity contribution in [3.8, 4) is 22.7 Å². The highest BCUT2D eigenvalue weighted by molar-refractivity contribution is 6.04. The van der Waals surface area contributed by atoms with E-state index in [0.29, 0.717) is 22.6 Å². The van der Waals surface area contributed by atoms with Gasteiger partial charge in [-0.1, -0.05) is 12.1 Å². The molecule has 35 heavy (non-hydrogen) atoms. The van der Waals surface area contributed by atoms with Gasteiger partial charge in [-0.05, 0) is 67.6 Å². The average molecular weight is 477 g/mol. The largest absolute Gasteiger partial charge is 0.494 e. The van der Waals surface area contributed by atoms with Crippen molar-refractivity contribution in [2.45, 2.75) is 6.92 Å². The first-order valence-electron chi connectivity index (χ1n) is 10.7. The molecule has 0 spiro atoms. The molecule has 1 aromatic heterocycles. The predicted octanol–water partition coefficient (Wildman–Crippen LogP) is 5.26. The molecule has 3 aromatic carbocycles. The van der Waals surface area contributed by atoms with Crippen molar-refractivity contribution >= 4 is 17.6 Å². The number of esters is 1. The molecule has 0 aliphatic heterocycles. The molecule has 4 rings (SSSR count). The lowest BCUT2D eigenvalue weighted by molar-refractivity contribution is 0.0518. The Morgan fingerprint density at radius 2 is 1.77 bits per heavy atom. The Labute approximate surface area is 199 Å². The Balaban J connectivity index is 1.68. The molecule has 4 aromatic rings. The summed E-state index contributed by atoms with van der Waals surface area (Å²) in [6.07, 6.45) is 0. The quantitative estimate of drug-likeness (QED) is 0.368. The maximum absolute atomic E-state index is 14.0. The molecule has 0 bridgehead atoms. The summed E-state index contributed by atoms with van der Waals surface area (Å²) in [5.74, 6) is -2.13. The summed E-state index contributed by atoms with van der Waals surface area (Å²) in [5, 5.41) is 7.08. The number of benzene rings is 3. The van der Waals surface area contributed by atoms with Crippen LogP contribution < -0.4 is 10.1 Å². The Kier molecular flexibility index (Phi) is 6.86. The van der Waals surface area contributed by atoms with E-state index in [2.05, 4.69) is 10.4 Å². The third kappa shape index (κ3) is 5.19. The van der Waals surface area contributed by atoms with Crippen LogP contribution in [0, 0.1) is 11.6 Å². The van der Waals surface area contributed by atoms with Gasteiger partial charge < -0.3 is 14.8 Å². The first kappa shape index (κ1) is 23.6. The predicted molar refractivity (Wildman–Crippen MR) is 126 cm³/mol. The van der Waals surface area contributed by atoms with Crippen molar-refractivity contribution in [2.75, 3.05) is 19.0 Å². The molecule has 0 aliphatic carbocycles. The molecule has 9 heteroatoms. The average Bonchev–Trinajstić information content (AvgIpc) is 3.30. The zero-order chi connectivity index (χ0) is 24.9. The van der Waals surface area contributed by atoms with Crippen LogP contribution in [0.3, 0.4) is 0 Å². The maximum atomic E-state index is 14.0. The second kappa shape index (κ2) is 10.2. The van der Waals surface area contributed by atoms with E-state index in [0.717, 1.165) is 6.07 Å². The van der Waals surface area contributed by atoms with Crippen LogP contribution in [0.5, 0.6) is 5.75 Å². The zero-order valence-electron chi connectivity index (χ0n) is 18.9. The molecular weight excluding hydrogens is 456 g/mol. The van der Waals surface area contributed by atoms with Crippen molar-refractivity contribution in [1.82, 2.24) is 9.78 Å². The Morgan fingerprint density at radius 3 is 2.46 bits per heavy atom. The molecule has 0 saturated carbocycles. The molecule has 0 aliphatic rings. The number of nitrogens with zero attached hydrogens (tertiary/aromatic N) is 2. The first-order valence-corrected chi connectivity index (χ1v) is 10.7. The van der Waals surface area contributed by atoms with Crippen LogP contribution in [0.4, 0.5) is 14.5 Å². The third-order valence-corrected chi connectivity index (χ3v) is 5.10. The van der Waals surface area contributed by atoms with Crippen LogP contribution in [0.1, 0.15) is 27.8 Å². The van der Waals surface area contributed by atoms with Gasteiger partial charge in [0.15, 0.2) is 17.3 Å². The highest BCUT2D eigenvalue weighted by Gasteiger charge is 2.18. The van der Waals surface area contributed by atoms with E-state index >= 15 is 0 Å². The van der Waals surface area contributed by atoms with Crippen molar-refractivity contribution in [3.63, 3.8) is 0 Å². The lowest BCUT2D eigenvalue weighted by Crippen LogP contribution is -2.12. The monoisotopic (exact) mass is 477 g/mol. The molecule has 1 N–H and O–H groups in total. The number of amides is 1. The second-order valence-electron chi connectivity index (χ2n) is 7.41. The molecule has 178 valence electrons. The molecule has 0 unspecified atom stereocenters. The first-order chi connectivity index (χ1) is 16.9. The second-order valence-corrected chi connectivity index (χ2v) is 7.41. The number of aromatic nitrogens is 2. The maximum Gasteiger partial charge on any atom is 0.358 e. The molecule has 0 saturated heterocycles. The van der Waals surface area contributed by atoms with Crippen LogP contribution in [-0.4, -0.2) is 35.4 Å². The summed E-state index contributed by atoms with van der Waals surface area (Å²) in [6, 6.07) is 18.0. The lowest BCUT2D eigenvalue weighted by atomic mass is 10.1. The number of nitrogens with one attached hydrogen (secondary N) is 1. The van der Waals surface area contributed by atoms with Crippen LogP contribution in [0.25, 0.3) is 16.9 Å². The van der Waals surface area contributed by atoms with Crippen molar-refractivity contribution < 1.29 is 27.8 Å². The van der Waals surface area contributed by atoms with Gasteiger partial charge >= 0.3 is 5.97 Å². The fourth-order valence-corrected chi connectivity index (χ4v) is 3.44. The summed E-state index contributed by atoms with van der Waals surface area (Å²) < 4.78 is 38.9. The van der Waals surface area contributed by atoms with Gasteiger partial charge in [0, 0.05) is 16.8 Å². The number of anilines is 1. The van der Waals surface area contributed by atoms with E-state index in [-0.39, 0.29) is 23.6 Å². The molecule has 7 nitrogen and oxygen atoms in total. The van der Waals surface area contributed by atoms with E-state index < -0.39 is 23.5 Å². The minimum atomic E-state index is -0.649. The van der Waals surface area contributed by atoms with Gasteiger partial charge in [0.25, 0.3) is 5.91 Å². The van der Waals surface area contributed by atoms with E-state index in [1.54, 1.807) is 37.3 Å². The highest BCUT2D eigenvalue weighted by Crippen LogP contribution is 2.27. The molecule has 0 radical (unpaired) electrons. The van der Waals surface area contributed by atoms with Gasteiger partial charge in [0.2, 0.25) is 0 Å². The number of carbonyl (C=O) groups excluding carboxylic acids is 2. The Morgan fingerprint density at radius 1 is 1.00 bits per heavy atom. The van der Waals surface area contributed by atoms with Gasteiger partial charge in [0.1, 0.15) is 5.82 Å². The number of hydrogen-bond acceptors (Lipinski definition) is 5. The summed E-state index contributed by atoms with van der Waals surface area (Å²) in [4.78, 5) is 25.0. The van der Waals surface area contributed by atoms with Crippen molar-refractivity contribution in [3.05, 3.63) is 95.7 Å².